The Morgan fingerprint density at radius 1 is 1.23 bits per heavy atom. The van der Waals surface area contributed by atoms with Crippen LogP contribution in [-0.4, -0.2) is 42.3 Å². The van der Waals surface area contributed by atoms with Crippen molar-refractivity contribution in [1.29, 1.82) is 0 Å². The van der Waals surface area contributed by atoms with Gasteiger partial charge in [0.15, 0.2) is 0 Å². The van der Waals surface area contributed by atoms with Crippen LogP contribution in [0.3, 0.4) is 0 Å². The Balaban J connectivity index is 1.65. The Morgan fingerprint density at radius 3 is 2.77 bits per heavy atom. The number of aromatic nitrogens is 2. The highest BCUT2D eigenvalue weighted by Gasteiger charge is 2.15. The van der Waals surface area contributed by atoms with E-state index in [4.69, 9.17) is 4.74 Å². The number of hydrogen-bond donors (Lipinski definition) is 2. The van der Waals surface area contributed by atoms with E-state index in [0.717, 1.165) is 50.6 Å². The van der Waals surface area contributed by atoms with Crippen LogP contribution in [0.25, 0.3) is 0 Å². The quantitative estimate of drug-likeness (QED) is 0.747. The van der Waals surface area contributed by atoms with Gasteiger partial charge in [-0.05, 0) is 63.4 Å². The van der Waals surface area contributed by atoms with Crippen molar-refractivity contribution in [2.75, 3.05) is 41.8 Å². The van der Waals surface area contributed by atoms with Gasteiger partial charge in [-0.25, -0.2) is 4.98 Å². The number of aryl methyl sites for hydroxylation is 1. The van der Waals surface area contributed by atoms with Gasteiger partial charge in [0.05, 0.1) is 6.10 Å². The first kappa shape index (κ1) is 18.5. The van der Waals surface area contributed by atoms with Crippen LogP contribution in [0.1, 0.15) is 32.3 Å². The first-order valence-electron chi connectivity index (χ1n) is 9.50. The lowest BCUT2D eigenvalue weighted by Gasteiger charge is -2.22. The summed E-state index contributed by atoms with van der Waals surface area (Å²) < 4.78 is 5.64. The average molecular weight is 355 g/mol. The Labute approximate surface area is 156 Å². The normalized spacial score (nSPS) is 16.5. The summed E-state index contributed by atoms with van der Waals surface area (Å²) in [7, 11) is 0. The molecule has 3 rings (SSSR count). The molecule has 1 aliphatic heterocycles. The summed E-state index contributed by atoms with van der Waals surface area (Å²) >= 11 is 0. The zero-order valence-electron chi connectivity index (χ0n) is 16.0. The van der Waals surface area contributed by atoms with Crippen LogP contribution >= 0.6 is 0 Å². The number of hydrogen-bond acceptors (Lipinski definition) is 6. The molecular weight excluding hydrogens is 326 g/mol. The molecule has 1 atom stereocenters. The fourth-order valence-corrected chi connectivity index (χ4v) is 3.24. The third-order valence-corrected chi connectivity index (χ3v) is 4.78. The summed E-state index contributed by atoms with van der Waals surface area (Å²) in [4.78, 5) is 11.2. The molecule has 0 spiro atoms. The number of nitrogens with one attached hydrogen (secondary N) is 2. The third kappa shape index (κ3) is 4.64. The highest BCUT2D eigenvalue weighted by Crippen LogP contribution is 2.24. The molecule has 1 unspecified atom stereocenters. The molecular formula is C20H29N5O. The minimum atomic E-state index is 0.288. The van der Waals surface area contributed by atoms with E-state index in [-0.39, 0.29) is 6.10 Å². The molecule has 26 heavy (non-hydrogen) atoms. The number of rotatable bonds is 8. The maximum atomic E-state index is 5.64. The van der Waals surface area contributed by atoms with Crippen molar-refractivity contribution in [3.63, 3.8) is 0 Å². The molecule has 2 heterocycles. The van der Waals surface area contributed by atoms with Crippen LogP contribution in [0.4, 0.5) is 23.1 Å². The Morgan fingerprint density at radius 2 is 2.08 bits per heavy atom. The molecule has 1 saturated heterocycles. The maximum absolute atomic E-state index is 5.64. The molecule has 0 aliphatic carbocycles. The SMILES string of the molecule is CCN(CC)c1ccc(Nc2nccc(NCC3CCCO3)n2)c(C)c1. The molecule has 2 aromatic rings. The van der Waals surface area contributed by atoms with Crippen molar-refractivity contribution in [3.05, 3.63) is 36.0 Å². The zero-order valence-corrected chi connectivity index (χ0v) is 16.0. The highest BCUT2D eigenvalue weighted by molar-refractivity contribution is 5.64. The first-order chi connectivity index (χ1) is 12.7. The van der Waals surface area contributed by atoms with Crippen molar-refractivity contribution in [2.24, 2.45) is 0 Å². The van der Waals surface area contributed by atoms with Crippen LogP contribution in [0.2, 0.25) is 0 Å². The van der Waals surface area contributed by atoms with Gasteiger partial charge in [0, 0.05) is 43.8 Å². The van der Waals surface area contributed by atoms with Gasteiger partial charge in [0.1, 0.15) is 5.82 Å². The monoisotopic (exact) mass is 355 g/mol. The van der Waals surface area contributed by atoms with Crippen molar-refractivity contribution in [2.45, 2.75) is 39.7 Å². The molecule has 6 heteroatoms. The number of benzene rings is 1. The third-order valence-electron chi connectivity index (χ3n) is 4.78. The van der Waals surface area contributed by atoms with Crippen molar-refractivity contribution in [3.8, 4) is 0 Å². The molecule has 140 valence electrons. The highest BCUT2D eigenvalue weighted by atomic mass is 16.5. The Bertz CT molecular complexity index is 711. The van der Waals surface area contributed by atoms with E-state index in [1.54, 1.807) is 6.20 Å². The molecule has 0 radical (unpaired) electrons. The number of ether oxygens (including phenoxy) is 1. The van der Waals surface area contributed by atoms with Crippen LogP contribution < -0.4 is 15.5 Å². The van der Waals surface area contributed by atoms with Crippen LogP contribution in [0.15, 0.2) is 30.5 Å². The van der Waals surface area contributed by atoms with E-state index < -0.39 is 0 Å². The van der Waals surface area contributed by atoms with Crippen molar-refractivity contribution >= 4 is 23.1 Å². The molecule has 1 fully saturated rings. The van der Waals surface area contributed by atoms with Crippen molar-refractivity contribution < 1.29 is 4.74 Å². The van der Waals surface area contributed by atoms with Crippen LogP contribution in [0.5, 0.6) is 0 Å². The second-order valence-electron chi connectivity index (χ2n) is 6.58. The van der Waals surface area contributed by atoms with Gasteiger partial charge in [0.25, 0.3) is 0 Å². The molecule has 0 bridgehead atoms. The van der Waals surface area contributed by atoms with Gasteiger partial charge in [-0.1, -0.05) is 0 Å². The predicted molar refractivity (Wildman–Crippen MR) is 108 cm³/mol. The number of nitrogens with zero attached hydrogens (tertiary/aromatic N) is 3. The second kappa shape index (κ2) is 8.85. The van der Waals surface area contributed by atoms with Crippen LogP contribution in [-0.2, 0) is 4.74 Å². The minimum absolute atomic E-state index is 0.288. The fourth-order valence-electron chi connectivity index (χ4n) is 3.24. The molecule has 0 amide bonds. The molecule has 1 aromatic heterocycles. The lowest BCUT2D eigenvalue weighted by atomic mass is 10.1. The van der Waals surface area contributed by atoms with E-state index in [2.05, 4.69) is 64.5 Å². The molecule has 2 N–H and O–H groups in total. The fraction of sp³-hybridized carbons (Fsp3) is 0.500. The lowest BCUT2D eigenvalue weighted by molar-refractivity contribution is 0.120. The molecule has 1 aliphatic rings. The summed E-state index contributed by atoms with van der Waals surface area (Å²) in [5, 5.41) is 6.67. The smallest absolute Gasteiger partial charge is 0.229 e. The first-order valence-corrected chi connectivity index (χ1v) is 9.50. The van der Waals surface area contributed by atoms with Gasteiger partial charge >= 0.3 is 0 Å². The largest absolute Gasteiger partial charge is 0.376 e. The predicted octanol–water partition coefficient (Wildman–Crippen LogP) is 3.97. The van der Waals surface area contributed by atoms with Gasteiger partial charge in [0.2, 0.25) is 5.95 Å². The zero-order chi connectivity index (χ0) is 18.4. The van der Waals surface area contributed by atoms with Gasteiger partial charge < -0.3 is 20.3 Å². The van der Waals surface area contributed by atoms with Gasteiger partial charge in [-0.3, -0.25) is 0 Å². The Hall–Kier alpha value is -2.34. The summed E-state index contributed by atoms with van der Waals surface area (Å²) in [6.07, 6.45) is 4.32. The van der Waals surface area contributed by atoms with Gasteiger partial charge in [-0.2, -0.15) is 4.98 Å². The van der Waals surface area contributed by atoms with Crippen molar-refractivity contribution in [1.82, 2.24) is 9.97 Å². The van der Waals surface area contributed by atoms with E-state index in [9.17, 15) is 0 Å². The van der Waals surface area contributed by atoms with E-state index in [1.165, 1.54) is 11.3 Å². The number of anilines is 4. The van der Waals surface area contributed by atoms with Gasteiger partial charge in [-0.15, -0.1) is 0 Å². The summed E-state index contributed by atoms with van der Waals surface area (Å²) in [5.41, 5.74) is 3.44. The summed E-state index contributed by atoms with van der Waals surface area (Å²) in [6, 6.07) is 8.33. The molecule has 6 nitrogen and oxygen atoms in total. The lowest BCUT2D eigenvalue weighted by Crippen LogP contribution is -2.21. The van der Waals surface area contributed by atoms with E-state index >= 15 is 0 Å². The Kier molecular flexibility index (Phi) is 6.28. The van der Waals surface area contributed by atoms with E-state index in [0.29, 0.717) is 5.95 Å². The standard InChI is InChI=1S/C20H29N5O/c1-4-25(5-2)16-8-9-18(15(3)13-16)23-20-21-11-10-19(24-20)22-14-17-7-6-12-26-17/h8-11,13,17H,4-7,12,14H2,1-3H3,(H2,21,22,23,24). The summed E-state index contributed by atoms with van der Waals surface area (Å²) in [6.45, 7) is 10.1. The summed E-state index contributed by atoms with van der Waals surface area (Å²) in [5.74, 6) is 1.41. The average Bonchev–Trinajstić information content (AvgIpc) is 3.17. The van der Waals surface area contributed by atoms with Crippen LogP contribution in [0, 0.1) is 6.92 Å². The minimum Gasteiger partial charge on any atom is -0.376 e. The molecule has 1 aromatic carbocycles. The van der Waals surface area contributed by atoms with E-state index in [1.807, 2.05) is 6.07 Å². The molecule has 0 saturated carbocycles. The maximum Gasteiger partial charge on any atom is 0.229 e. The topological polar surface area (TPSA) is 62.3 Å². The second-order valence-corrected chi connectivity index (χ2v) is 6.58.